The molecule has 0 atom stereocenters. The Morgan fingerprint density at radius 2 is 1.56 bits per heavy atom. The Labute approximate surface area is 145 Å². The number of benzene rings is 3. The molecule has 3 aromatic rings. The highest BCUT2D eigenvalue weighted by molar-refractivity contribution is 6.56. The molecule has 0 unspecified atom stereocenters. The van der Waals surface area contributed by atoms with E-state index in [1.807, 2.05) is 55.5 Å². The van der Waals surface area contributed by atoms with Gasteiger partial charge in [-0.05, 0) is 49.4 Å². The number of carbonyl (C=O) groups is 1. The maximum absolute atomic E-state index is 13.1. The van der Waals surface area contributed by atoms with Crippen LogP contribution in [0.5, 0.6) is 5.75 Å². The van der Waals surface area contributed by atoms with E-state index in [0.29, 0.717) is 11.4 Å². The Bertz CT molecular complexity index is 974. The summed E-state index contributed by atoms with van der Waals surface area (Å²) in [6, 6.07) is 21.9. The van der Waals surface area contributed by atoms with Crippen molar-refractivity contribution in [2.75, 3.05) is 4.90 Å². The third-order valence-electron chi connectivity index (χ3n) is 4.19. The molecule has 0 radical (unpaired) electrons. The number of anilines is 2. The van der Waals surface area contributed by atoms with Crippen molar-refractivity contribution in [1.29, 1.82) is 0 Å². The zero-order valence-electron chi connectivity index (χ0n) is 13.7. The number of para-hydroxylation sites is 1. The summed E-state index contributed by atoms with van der Waals surface area (Å²) in [5.74, 6) is -0.00954. The maximum atomic E-state index is 13.1. The molecule has 0 saturated carbocycles. The lowest BCUT2D eigenvalue weighted by molar-refractivity contribution is -0.111. The van der Waals surface area contributed by atoms with E-state index in [0.717, 1.165) is 22.5 Å². The van der Waals surface area contributed by atoms with Gasteiger partial charge in [-0.25, -0.2) is 4.99 Å². The second-order valence-corrected chi connectivity index (χ2v) is 5.97. The molecular formula is C21H16N2O2. The van der Waals surface area contributed by atoms with E-state index >= 15 is 0 Å². The highest BCUT2D eigenvalue weighted by atomic mass is 16.3. The molecule has 0 fully saturated rings. The molecule has 1 amide bonds. The number of hydrogen-bond donors (Lipinski definition) is 1. The number of aromatic hydroxyl groups is 1. The van der Waals surface area contributed by atoms with Crippen molar-refractivity contribution >= 4 is 28.7 Å². The minimum atomic E-state index is -0.174. The Kier molecular flexibility index (Phi) is 3.58. The minimum absolute atomic E-state index is 0.164. The van der Waals surface area contributed by atoms with E-state index < -0.39 is 0 Å². The van der Waals surface area contributed by atoms with E-state index in [2.05, 4.69) is 4.99 Å². The van der Waals surface area contributed by atoms with Gasteiger partial charge in [0.1, 0.15) is 11.5 Å². The first-order valence-corrected chi connectivity index (χ1v) is 8.02. The van der Waals surface area contributed by atoms with Crippen LogP contribution in [0.2, 0.25) is 0 Å². The third-order valence-corrected chi connectivity index (χ3v) is 4.19. The van der Waals surface area contributed by atoms with Gasteiger partial charge < -0.3 is 5.11 Å². The molecule has 4 rings (SSSR count). The zero-order valence-corrected chi connectivity index (χ0v) is 13.7. The van der Waals surface area contributed by atoms with Crippen molar-refractivity contribution in [2.24, 2.45) is 4.99 Å². The van der Waals surface area contributed by atoms with Crippen LogP contribution >= 0.6 is 0 Å². The average Bonchev–Trinajstić information content (AvgIpc) is 2.90. The lowest BCUT2D eigenvalue weighted by atomic mass is 10.1. The lowest BCUT2D eigenvalue weighted by Crippen LogP contribution is -2.25. The smallest absolute Gasteiger partial charge is 0.282 e. The molecule has 0 spiro atoms. The molecule has 0 aromatic heterocycles. The zero-order chi connectivity index (χ0) is 17.4. The van der Waals surface area contributed by atoms with Crippen LogP contribution in [0.1, 0.15) is 11.1 Å². The largest absolute Gasteiger partial charge is 0.508 e. The molecule has 1 aliphatic rings. The molecule has 0 saturated heterocycles. The lowest BCUT2D eigenvalue weighted by Gasteiger charge is -2.16. The number of nitrogens with zero attached hydrogens (tertiary/aromatic N) is 2. The summed E-state index contributed by atoms with van der Waals surface area (Å²) in [6.45, 7) is 2.01. The summed E-state index contributed by atoms with van der Waals surface area (Å²) in [7, 11) is 0. The van der Waals surface area contributed by atoms with Gasteiger partial charge >= 0.3 is 0 Å². The number of amides is 1. The molecule has 0 aliphatic carbocycles. The first-order chi connectivity index (χ1) is 12.1. The second-order valence-electron chi connectivity index (χ2n) is 5.97. The monoisotopic (exact) mass is 328 g/mol. The molecular weight excluding hydrogens is 312 g/mol. The van der Waals surface area contributed by atoms with E-state index in [-0.39, 0.29) is 11.7 Å². The van der Waals surface area contributed by atoms with Gasteiger partial charge in [-0.3, -0.25) is 9.69 Å². The van der Waals surface area contributed by atoms with Crippen LogP contribution in [-0.4, -0.2) is 16.7 Å². The Balaban J connectivity index is 1.83. The van der Waals surface area contributed by atoms with Crippen LogP contribution in [0.4, 0.5) is 17.1 Å². The van der Waals surface area contributed by atoms with Crippen molar-refractivity contribution in [2.45, 2.75) is 6.92 Å². The Morgan fingerprint density at radius 3 is 2.28 bits per heavy atom. The third kappa shape index (κ3) is 2.68. The molecule has 4 nitrogen and oxygen atoms in total. The first-order valence-electron chi connectivity index (χ1n) is 8.02. The van der Waals surface area contributed by atoms with Crippen LogP contribution in [0.15, 0.2) is 77.8 Å². The normalized spacial score (nSPS) is 14.8. The molecule has 4 heteroatoms. The van der Waals surface area contributed by atoms with Gasteiger partial charge in [0.15, 0.2) is 0 Å². The number of phenolic OH excluding ortho intramolecular Hbond substituents is 1. The molecule has 3 aromatic carbocycles. The fourth-order valence-corrected chi connectivity index (χ4v) is 2.91. The second kappa shape index (κ2) is 5.91. The highest BCUT2D eigenvalue weighted by Gasteiger charge is 2.34. The summed E-state index contributed by atoms with van der Waals surface area (Å²) in [4.78, 5) is 19.3. The fraction of sp³-hybridized carbons (Fsp3) is 0.0476. The predicted molar refractivity (Wildman–Crippen MR) is 99.1 cm³/mol. The van der Waals surface area contributed by atoms with Crippen LogP contribution in [-0.2, 0) is 4.79 Å². The number of aliphatic imine (C=N–C) groups is 1. The van der Waals surface area contributed by atoms with E-state index in [1.165, 1.54) is 0 Å². The number of hydrogen-bond acceptors (Lipinski definition) is 3. The van der Waals surface area contributed by atoms with E-state index in [9.17, 15) is 9.90 Å². The van der Waals surface area contributed by atoms with E-state index in [4.69, 9.17) is 0 Å². The van der Waals surface area contributed by atoms with Crippen molar-refractivity contribution in [1.82, 2.24) is 0 Å². The minimum Gasteiger partial charge on any atom is -0.508 e. The van der Waals surface area contributed by atoms with Gasteiger partial charge in [0.2, 0.25) is 0 Å². The highest BCUT2D eigenvalue weighted by Crippen LogP contribution is 2.36. The van der Waals surface area contributed by atoms with E-state index in [1.54, 1.807) is 29.2 Å². The van der Waals surface area contributed by atoms with Crippen molar-refractivity contribution in [3.05, 3.63) is 83.9 Å². The topological polar surface area (TPSA) is 52.9 Å². The summed E-state index contributed by atoms with van der Waals surface area (Å²) in [6.07, 6.45) is 0. The summed E-state index contributed by atoms with van der Waals surface area (Å²) < 4.78 is 0. The van der Waals surface area contributed by atoms with Crippen molar-refractivity contribution < 1.29 is 9.90 Å². The summed E-state index contributed by atoms with van der Waals surface area (Å²) >= 11 is 0. The maximum Gasteiger partial charge on any atom is 0.282 e. The Hall–Kier alpha value is -3.40. The van der Waals surface area contributed by atoms with Crippen LogP contribution in [0.3, 0.4) is 0 Å². The van der Waals surface area contributed by atoms with Gasteiger partial charge in [-0.1, -0.05) is 35.9 Å². The van der Waals surface area contributed by atoms with Crippen molar-refractivity contribution in [3.8, 4) is 5.75 Å². The van der Waals surface area contributed by atoms with Crippen LogP contribution < -0.4 is 4.90 Å². The first kappa shape index (κ1) is 15.1. The number of aryl methyl sites for hydroxylation is 1. The van der Waals surface area contributed by atoms with Gasteiger partial charge in [0, 0.05) is 11.3 Å². The van der Waals surface area contributed by atoms with Gasteiger partial charge in [0.25, 0.3) is 5.91 Å². The quantitative estimate of drug-likeness (QED) is 0.753. The number of rotatable bonds is 2. The molecule has 122 valence electrons. The summed E-state index contributed by atoms with van der Waals surface area (Å²) in [5, 5.41) is 9.50. The average molecular weight is 328 g/mol. The molecule has 25 heavy (non-hydrogen) atoms. The SMILES string of the molecule is Cc1ccc(N=C2C(=O)N(c3ccc(O)cc3)c3ccccc32)cc1. The predicted octanol–water partition coefficient (Wildman–Crippen LogP) is 4.50. The van der Waals surface area contributed by atoms with Crippen LogP contribution in [0.25, 0.3) is 0 Å². The summed E-state index contributed by atoms with van der Waals surface area (Å²) in [5.41, 5.74) is 4.62. The van der Waals surface area contributed by atoms with Gasteiger partial charge in [0.05, 0.1) is 11.4 Å². The standard InChI is InChI=1S/C21H16N2O2/c1-14-6-8-15(9-7-14)22-20-18-4-2-3-5-19(18)23(21(20)25)16-10-12-17(24)13-11-16/h2-13,24H,1H3. The molecule has 0 bridgehead atoms. The molecule has 1 aliphatic heterocycles. The molecule has 1 heterocycles. The molecule has 1 N–H and O–H groups in total. The Morgan fingerprint density at radius 1 is 0.880 bits per heavy atom. The number of carbonyl (C=O) groups excluding carboxylic acids is 1. The number of fused-ring (bicyclic) bond motifs is 1. The van der Waals surface area contributed by atoms with Crippen LogP contribution in [0, 0.1) is 6.92 Å². The van der Waals surface area contributed by atoms with Gasteiger partial charge in [-0.2, -0.15) is 0 Å². The van der Waals surface area contributed by atoms with Gasteiger partial charge in [-0.15, -0.1) is 0 Å². The fourth-order valence-electron chi connectivity index (χ4n) is 2.91. The van der Waals surface area contributed by atoms with Crippen molar-refractivity contribution in [3.63, 3.8) is 0 Å². The number of phenols is 1.